The lowest BCUT2D eigenvalue weighted by atomic mass is 10.1. The first kappa shape index (κ1) is 24.5. The summed E-state index contributed by atoms with van der Waals surface area (Å²) < 4.78 is 8.14. The molecule has 44 heavy (non-hydrogen) atoms. The van der Waals surface area contributed by atoms with Gasteiger partial charge in [0.2, 0.25) is 17.5 Å². The van der Waals surface area contributed by atoms with Gasteiger partial charge in [0, 0.05) is 31.4 Å². The van der Waals surface area contributed by atoms with Crippen molar-refractivity contribution in [3.05, 3.63) is 107 Å². The Morgan fingerprint density at radius 3 is 1.73 bits per heavy atom. The summed E-state index contributed by atoms with van der Waals surface area (Å²) in [6.07, 6.45) is 7.99. The number of pyridine rings is 4. The molecule has 0 saturated carbocycles. The van der Waals surface area contributed by atoms with Gasteiger partial charge in [-0.3, -0.25) is 5.32 Å². The molecule has 0 aromatic carbocycles. The van der Waals surface area contributed by atoms with E-state index in [4.69, 9.17) is 30.0 Å². The minimum Gasteiger partial charge on any atom is -0.345 e. The van der Waals surface area contributed by atoms with Gasteiger partial charge in [0.05, 0.1) is 16.7 Å². The predicted molar refractivity (Wildman–Crippen MR) is 164 cm³/mol. The maximum atomic E-state index is 5.11. The van der Waals surface area contributed by atoms with E-state index in [1.54, 1.807) is 0 Å². The number of aryl methyl sites for hydroxylation is 4. The van der Waals surface area contributed by atoms with Crippen LogP contribution in [0, 0.1) is 0 Å². The average Bonchev–Trinajstić information content (AvgIpc) is 3.74. The molecule has 0 saturated heterocycles. The van der Waals surface area contributed by atoms with Crippen LogP contribution in [0.4, 0.5) is 11.6 Å². The van der Waals surface area contributed by atoms with E-state index in [0.717, 1.165) is 50.8 Å². The maximum absolute atomic E-state index is 5.11. The van der Waals surface area contributed by atoms with E-state index in [1.807, 2.05) is 109 Å². The fourth-order valence-electron chi connectivity index (χ4n) is 6.33. The van der Waals surface area contributed by atoms with Crippen molar-refractivity contribution in [1.29, 1.82) is 0 Å². The molecule has 0 spiro atoms. The second kappa shape index (κ2) is 8.74. The summed E-state index contributed by atoms with van der Waals surface area (Å²) in [6.45, 7) is 0. The molecule has 12 heteroatoms. The zero-order valence-corrected chi connectivity index (χ0v) is 24.4. The Morgan fingerprint density at radius 1 is 0.591 bits per heavy atom. The van der Waals surface area contributed by atoms with Crippen molar-refractivity contribution in [3.8, 4) is 11.3 Å². The molecule has 6 aliphatic heterocycles. The molecular formula is C32H26N12+4. The van der Waals surface area contributed by atoms with Gasteiger partial charge in [-0.2, -0.15) is 23.7 Å². The zero-order valence-electron chi connectivity index (χ0n) is 24.4. The highest BCUT2D eigenvalue weighted by atomic mass is 15.2. The van der Waals surface area contributed by atoms with Crippen LogP contribution in [0.1, 0.15) is 33.8 Å². The lowest BCUT2D eigenvalue weighted by molar-refractivity contribution is -0.672. The smallest absolute Gasteiger partial charge is 0.304 e. The Bertz CT molecular complexity index is 2300. The number of anilines is 1. The molecule has 0 atom stereocenters. The van der Waals surface area contributed by atoms with Gasteiger partial charge in [0.25, 0.3) is 28.7 Å². The van der Waals surface area contributed by atoms with Crippen molar-refractivity contribution >= 4 is 46.6 Å². The summed E-state index contributed by atoms with van der Waals surface area (Å²) in [5, 5.41) is 3.59. The molecule has 0 radical (unpaired) electrons. The Labute approximate surface area is 251 Å². The van der Waals surface area contributed by atoms with E-state index < -0.39 is 0 Å². The Morgan fingerprint density at radius 2 is 1.09 bits per heavy atom. The quantitative estimate of drug-likeness (QED) is 0.272. The molecular weight excluding hydrogens is 552 g/mol. The number of nitrogens with one attached hydrogen (secondary N) is 2. The van der Waals surface area contributed by atoms with Crippen molar-refractivity contribution in [3.63, 3.8) is 0 Å². The number of aliphatic imine (C=N–C) groups is 6. The van der Waals surface area contributed by atoms with Gasteiger partial charge in [0.1, 0.15) is 32.4 Å². The number of amidine groups is 6. The van der Waals surface area contributed by atoms with Gasteiger partial charge < -0.3 is 4.57 Å². The first-order valence-corrected chi connectivity index (χ1v) is 14.2. The molecule has 8 bridgehead atoms. The van der Waals surface area contributed by atoms with Crippen molar-refractivity contribution in [2.45, 2.75) is 0 Å². The molecule has 3 aromatic heterocycles. The van der Waals surface area contributed by atoms with Crippen LogP contribution in [-0.4, -0.2) is 39.6 Å². The van der Waals surface area contributed by atoms with Gasteiger partial charge >= 0.3 is 5.84 Å². The first-order chi connectivity index (χ1) is 21.4. The summed E-state index contributed by atoms with van der Waals surface area (Å²) in [5.74, 6) is 4.87. The highest BCUT2D eigenvalue weighted by Gasteiger charge is 2.40. The monoisotopic (exact) mass is 578 g/mol. The second-order valence-corrected chi connectivity index (χ2v) is 11.1. The van der Waals surface area contributed by atoms with Crippen molar-refractivity contribution in [2.24, 2.45) is 58.1 Å². The fourth-order valence-corrected chi connectivity index (χ4v) is 6.33. The van der Waals surface area contributed by atoms with Gasteiger partial charge in [-0.15, -0.1) is 0 Å². The van der Waals surface area contributed by atoms with E-state index in [9.17, 15) is 0 Å². The van der Waals surface area contributed by atoms with Crippen molar-refractivity contribution in [2.75, 3.05) is 5.32 Å². The third-order valence-corrected chi connectivity index (χ3v) is 8.36. The molecule has 0 amide bonds. The van der Waals surface area contributed by atoms with E-state index in [0.29, 0.717) is 40.8 Å². The molecule has 12 nitrogen and oxygen atoms in total. The van der Waals surface area contributed by atoms with E-state index in [1.165, 1.54) is 0 Å². The minimum absolute atomic E-state index is 0.532. The number of fused-ring (bicyclic) bond motifs is 17. The molecule has 3 aromatic rings. The Hall–Kier alpha value is -6.04. The maximum Gasteiger partial charge on any atom is 0.304 e. The minimum atomic E-state index is 0.532. The topological polar surface area (TPSA) is 117 Å². The SMILES string of the molecule is Cn1cccc2c3[nH+]c(c1-2)NC1=NC(=NC2=NC(=NC4=NC(=N3)c3c4ccc[n+]3C)c3c2ccc[n+]3C)c2c1ccc[n+]2C. The van der Waals surface area contributed by atoms with E-state index in [2.05, 4.69) is 20.9 Å². The second-order valence-electron chi connectivity index (χ2n) is 11.1. The van der Waals surface area contributed by atoms with Crippen LogP contribution in [-0.2, 0) is 28.2 Å². The molecule has 0 fully saturated rings. The molecule has 0 aliphatic carbocycles. The van der Waals surface area contributed by atoms with Crippen LogP contribution < -0.4 is 24.0 Å². The van der Waals surface area contributed by atoms with Crippen LogP contribution in [0.25, 0.3) is 11.3 Å². The summed E-state index contributed by atoms with van der Waals surface area (Å²) in [7, 11) is 7.99. The van der Waals surface area contributed by atoms with Gasteiger partial charge in [-0.05, 0) is 30.3 Å². The number of aromatic nitrogens is 5. The highest BCUT2D eigenvalue weighted by Crippen LogP contribution is 2.36. The lowest BCUT2D eigenvalue weighted by Crippen LogP contribution is -2.36. The predicted octanol–water partition coefficient (Wildman–Crippen LogP) is 1.10. The third kappa shape index (κ3) is 3.38. The molecule has 9 heterocycles. The van der Waals surface area contributed by atoms with Crippen LogP contribution in [0.15, 0.2) is 103 Å². The number of nitrogens with zero attached hydrogens (tertiary/aromatic N) is 10. The molecule has 2 N–H and O–H groups in total. The van der Waals surface area contributed by atoms with Gasteiger partial charge in [-0.25, -0.2) is 20.0 Å². The largest absolute Gasteiger partial charge is 0.345 e. The van der Waals surface area contributed by atoms with Crippen LogP contribution in [0.5, 0.6) is 0 Å². The highest BCUT2D eigenvalue weighted by molar-refractivity contribution is 6.31. The summed E-state index contributed by atoms with van der Waals surface area (Å²) in [5.41, 5.74) is 7.21. The van der Waals surface area contributed by atoms with Crippen molar-refractivity contribution < 1.29 is 18.7 Å². The molecule has 210 valence electrons. The Kier molecular flexibility index (Phi) is 4.87. The number of rotatable bonds is 0. The molecule has 0 unspecified atom stereocenters. The molecule has 6 aliphatic rings. The summed E-state index contributed by atoms with van der Waals surface area (Å²) in [4.78, 5) is 33.8. The number of aromatic amines is 1. The zero-order chi connectivity index (χ0) is 29.7. The standard InChI is InChI=1S/C32H25N12/c1-41-13-5-9-17-21(41)29-33-25(17)38-30-23-19(11-7-15-43(23)3)27(35-30)40-32-24-20(12-8-16-44(24)4)28(36-32)39-31-22-18(26(34-31)37-29)10-6-14-42(22)2/h5-16H,1-4H3,(H,33,34,35,36,37,38,39,40)/q+3/p+1. The van der Waals surface area contributed by atoms with E-state index >= 15 is 0 Å². The average molecular weight is 579 g/mol. The number of hydrogen-bond acceptors (Lipinski definition) is 7. The third-order valence-electron chi connectivity index (χ3n) is 8.36. The fraction of sp³-hybridized carbons (Fsp3) is 0.125. The van der Waals surface area contributed by atoms with E-state index in [-0.39, 0.29) is 0 Å². The summed E-state index contributed by atoms with van der Waals surface area (Å²) in [6, 6.07) is 16.1. The first-order valence-electron chi connectivity index (χ1n) is 14.2. The number of hydrogen-bond donors (Lipinski definition) is 1. The lowest BCUT2D eigenvalue weighted by Gasteiger charge is -2.07. The molecule has 9 rings (SSSR count). The van der Waals surface area contributed by atoms with Crippen LogP contribution >= 0.6 is 0 Å². The van der Waals surface area contributed by atoms with Crippen LogP contribution in [0.3, 0.4) is 0 Å². The van der Waals surface area contributed by atoms with Crippen molar-refractivity contribution in [1.82, 2.24) is 4.57 Å². The van der Waals surface area contributed by atoms with Crippen LogP contribution in [0.2, 0.25) is 0 Å². The summed E-state index contributed by atoms with van der Waals surface area (Å²) >= 11 is 0. The number of H-pyrrole nitrogens is 1. The van der Waals surface area contributed by atoms with Gasteiger partial charge in [0.15, 0.2) is 30.3 Å². The van der Waals surface area contributed by atoms with Gasteiger partial charge in [-0.1, -0.05) is 4.99 Å². The Balaban J connectivity index is 1.38. The normalized spacial score (nSPS) is 15.8.